The topological polar surface area (TPSA) is 49.8 Å². The Morgan fingerprint density at radius 2 is 2.05 bits per heavy atom. The molecule has 1 fully saturated rings. The first-order valence-corrected chi connectivity index (χ1v) is 6.82. The maximum atomic E-state index is 11.1. The van der Waals surface area contributed by atoms with E-state index in [1.165, 1.54) is 0 Å². The highest BCUT2D eigenvalue weighted by atomic mass is 35.5. The van der Waals surface area contributed by atoms with Crippen LogP contribution in [0.3, 0.4) is 0 Å². The molecule has 0 aromatic heterocycles. The lowest BCUT2D eigenvalue weighted by Gasteiger charge is -2.34. The summed E-state index contributed by atoms with van der Waals surface area (Å²) < 4.78 is 5.30. The molecule has 0 bridgehead atoms. The van der Waals surface area contributed by atoms with E-state index in [0.29, 0.717) is 36.3 Å². The predicted molar refractivity (Wildman–Crippen MR) is 73.8 cm³/mol. The molecule has 0 amide bonds. The zero-order valence-corrected chi connectivity index (χ0v) is 11.8. The summed E-state index contributed by atoms with van der Waals surface area (Å²) in [4.78, 5) is 13.2. The van der Waals surface area contributed by atoms with E-state index in [2.05, 4.69) is 4.90 Å². The lowest BCUT2D eigenvalue weighted by atomic mass is 10.0. The van der Waals surface area contributed by atoms with Crippen molar-refractivity contribution in [2.45, 2.75) is 12.5 Å². The standard InChI is InChI=1S/C13H15Cl2NO3/c14-9-1-2-11(15)10(7-9)12(8-13(17)18)16-3-5-19-6-4-16/h1-2,7,12H,3-6,8H2,(H,17,18). The van der Waals surface area contributed by atoms with Crippen LogP contribution in [-0.2, 0) is 9.53 Å². The van der Waals surface area contributed by atoms with Crippen molar-refractivity contribution in [3.05, 3.63) is 33.8 Å². The normalized spacial score (nSPS) is 18.2. The summed E-state index contributed by atoms with van der Waals surface area (Å²) in [5, 5.41) is 10.2. The molecule has 1 aliphatic heterocycles. The van der Waals surface area contributed by atoms with Gasteiger partial charge in [0.05, 0.1) is 19.6 Å². The van der Waals surface area contributed by atoms with E-state index >= 15 is 0 Å². The van der Waals surface area contributed by atoms with Crippen LogP contribution >= 0.6 is 23.2 Å². The van der Waals surface area contributed by atoms with Crippen LogP contribution in [0.2, 0.25) is 10.0 Å². The highest BCUT2D eigenvalue weighted by molar-refractivity contribution is 6.33. The smallest absolute Gasteiger partial charge is 0.305 e. The summed E-state index contributed by atoms with van der Waals surface area (Å²) in [5.41, 5.74) is 0.762. The summed E-state index contributed by atoms with van der Waals surface area (Å²) in [6, 6.07) is 4.87. The number of nitrogens with zero attached hydrogens (tertiary/aromatic N) is 1. The van der Waals surface area contributed by atoms with Gasteiger partial charge in [-0.25, -0.2) is 0 Å². The predicted octanol–water partition coefficient (Wildman–Crippen LogP) is 2.84. The molecule has 1 heterocycles. The van der Waals surface area contributed by atoms with Crippen molar-refractivity contribution in [2.24, 2.45) is 0 Å². The monoisotopic (exact) mass is 303 g/mol. The van der Waals surface area contributed by atoms with Gasteiger partial charge in [-0.1, -0.05) is 23.2 Å². The molecule has 0 aliphatic carbocycles. The van der Waals surface area contributed by atoms with Crippen molar-refractivity contribution in [1.82, 2.24) is 4.90 Å². The molecule has 1 aliphatic rings. The van der Waals surface area contributed by atoms with Crippen molar-refractivity contribution in [2.75, 3.05) is 26.3 Å². The molecule has 1 saturated heterocycles. The maximum absolute atomic E-state index is 11.1. The van der Waals surface area contributed by atoms with Gasteiger partial charge in [0.15, 0.2) is 0 Å². The molecule has 2 rings (SSSR count). The molecule has 4 nitrogen and oxygen atoms in total. The number of carboxylic acid groups (broad SMARTS) is 1. The number of halogens is 2. The number of carbonyl (C=O) groups is 1. The van der Waals surface area contributed by atoms with E-state index in [1.807, 2.05) is 0 Å². The van der Waals surface area contributed by atoms with E-state index in [4.69, 9.17) is 33.0 Å². The first-order valence-electron chi connectivity index (χ1n) is 6.06. The number of ether oxygens (including phenoxy) is 1. The third kappa shape index (κ3) is 3.83. The maximum Gasteiger partial charge on any atom is 0.305 e. The van der Waals surface area contributed by atoms with Crippen LogP contribution in [0, 0.1) is 0 Å². The van der Waals surface area contributed by atoms with Crippen molar-refractivity contribution >= 4 is 29.2 Å². The minimum atomic E-state index is -0.854. The van der Waals surface area contributed by atoms with Gasteiger partial charge in [-0.05, 0) is 23.8 Å². The molecule has 1 unspecified atom stereocenters. The highest BCUT2D eigenvalue weighted by Gasteiger charge is 2.26. The number of aliphatic carboxylic acids is 1. The van der Waals surface area contributed by atoms with Gasteiger partial charge in [-0.3, -0.25) is 9.69 Å². The lowest BCUT2D eigenvalue weighted by Crippen LogP contribution is -2.40. The largest absolute Gasteiger partial charge is 0.481 e. The molecular formula is C13H15Cl2NO3. The van der Waals surface area contributed by atoms with E-state index in [-0.39, 0.29) is 12.5 Å². The molecule has 1 N–H and O–H groups in total. The zero-order valence-electron chi connectivity index (χ0n) is 10.3. The number of benzene rings is 1. The van der Waals surface area contributed by atoms with Crippen LogP contribution in [0.25, 0.3) is 0 Å². The number of hydrogen-bond donors (Lipinski definition) is 1. The number of rotatable bonds is 4. The average molecular weight is 304 g/mol. The third-order valence-electron chi connectivity index (χ3n) is 3.17. The Labute approximate surface area is 121 Å². The molecule has 104 valence electrons. The van der Waals surface area contributed by atoms with Crippen LogP contribution < -0.4 is 0 Å². The molecular weight excluding hydrogens is 289 g/mol. The molecule has 6 heteroatoms. The summed E-state index contributed by atoms with van der Waals surface area (Å²) in [5.74, 6) is -0.854. The first-order chi connectivity index (χ1) is 9.08. The SMILES string of the molecule is O=C(O)CC(c1cc(Cl)ccc1Cl)N1CCOCC1. The minimum absolute atomic E-state index is 0.0000617. The minimum Gasteiger partial charge on any atom is -0.481 e. The third-order valence-corrected chi connectivity index (χ3v) is 3.75. The second-order valence-corrected chi connectivity index (χ2v) is 5.27. The van der Waals surface area contributed by atoms with Gasteiger partial charge in [-0.2, -0.15) is 0 Å². The van der Waals surface area contributed by atoms with Crippen LogP contribution in [0.5, 0.6) is 0 Å². The van der Waals surface area contributed by atoms with E-state index in [0.717, 1.165) is 5.56 Å². The Kier molecular flexibility index (Phi) is 5.05. The van der Waals surface area contributed by atoms with Gasteiger partial charge in [0, 0.05) is 29.2 Å². The second-order valence-electron chi connectivity index (χ2n) is 4.43. The fourth-order valence-electron chi connectivity index (χ4n) is 2.26. The van der Waals surface area contributed by atoms with Gasteiger partial charge in [0.25, 0.3) is 0 Å². The summed E-state index contributed by atoms with van der Waals surface area (Å²) >= 11 is 12.2. The zero-order chi connectivity index (χ0) is 13.8. The van der Waals surface area contributed by atoms with E-state index in [9.17, 15) is 4.79 Å². The molecule has 19 heavy (non-hydrogen) atoms. The van der Waals surface area contributed by atoms with Gasteiger partial charge in [0.1, 0.15) is 0 Å². The van der Waals surface area contributed by atoms with Crippen molar-refractivity contribution in [1.29, 1.82) is 0 Å². The molecule has 0 radical (unpaired) electrons. The Hall–Kier alpha value is -0.810. The van der Waals surface area contributed by atoms with E-state index < -0.39 is 5.97 Å². The van der Waals surface area contributed by atoms with E-state index in [1.54, 1.807) is 18.2 Å². The Balaban J connectivity index is 2.29. The Bertz CT molecular complexity index is 461. The van der Waals surface area contributed by atoms with Crippen LogP contribution in [0.15, 0.2) is 18.2 Å². The Morgan fingerprint density at radius 3 is 2.68 bits per heavy atom. The van der Waals surface area contributed by atoms with Crippen molar-refractivity contribution in [3.63, 3.8) is 0 Å². The molecule has 0 saturated carbocycles. The number of carboxylic acids is 1. The number of hydrogen-bond acceptors (Lipinski definition) is 3. The van der Waals surface area contributed by atoms with Gasteiger partial charge in [-0.15, -0.1) is 0 Å². The second kappa shape index (κ2) is 6.57. The fraction of sp³-hybridized carbons (Fsp3) is 0.462. The first kappa shape index (κ1) is 14.6. The quantitative estimate of drug-likeness (QED) is 0.929. The van der Waals surface area contributed by atoms with Crippen molar-refractivity contribution < 1.29 is 14.6 Å². The molecule has 0 spiro atoms. The summed E-state index contributed by atoms with van der Waals surface area (Å²) in [6.07, 6.45) is 0.0000617. The van der Waals surface area contributed by atoms with Crippen LogP contribution in [-0.4, -0.2) is 42.3 Å². The van der Waals surface area contributed by atoms with Crippen LogP contribution in [0.1, 0.15) is 18.0 Å². The van der Waals surface area contributed by atoms with Crippen LogP contribution in [0.4, 0.5) is 0 Å². The molecule has 1 aromatic carbocycles. The highest BCUT2D eigenvalue weighted by Crippen LogP contribution is 2.32. The van der Waals surface area contributed by atoms with Gasteiger partial charge < -0.3 is 9.84 Å². The summed E-state index contributed by atoms with van der Waals surface area (Å²) in [6.45, 7) is 2.60. The number of morpholine rings is 1. The molecule has 1 aromatic rings. The average Bonchev–Trinajstić information content (AvgIpc) is 2.40. The lowest BCUT2D eigenvalue weighted by molar-refractivity contribution is -0.139. The Morgan fingerprint density at radius 1 is 1.37 bits per heavy atom. The van der Waals surface area contributed by atoms with Crippen molar-refractivity contribution in [3.8, 4) is 0 Å². The van der Waals surface area contributed by atoms with Gasteiger partial charge in [0.2, 0.25) is 0 Å². The molecule has 1 atom stereocenters. The fourth-order valence-corrected chi connectivity index (χ4v) is 2.68. The summed E-state index contributed by atoms with van der Waals surface area (Å²) in [7, 11) is 0. The van der Waals surface area contributed by atoms with Gasteiger partial charge >= 0.3 is 5.97 Å².